The molecular weight excluding hydrogens is 234 g/mol. The summed E-state index contributed by atoms with van der Waals surface area (Å²) in [4.78, 5) is 1.74. The van der Waals surface area contributed by atoms with Gasteiger partial charge in [0.15, 0.2) is 11.6 Å². The van der Waals surface area contributed by atoms with Gasteiger partial charge < -0.3 is 10.6 Å². The van der Waals surface area contributed by atoms with Crippen molar-refractivity contribution in [2.75, 3.05) is 17.2 Å². The fraction of sp³-hybridized carbons (Fsp3) is 0.143. The van der Waals surface area contributed by atoms with Crippen molar-refractivity contribution in [2.24, 2.45) is 0 Å². The molecule has 4 heteroatoms. The predicted molar refractivity (Wildman–Crippen MR) is 67.9 cm³/mol. The highest BCUT2D eigenvalue weighted by Gasteiger charge is 2.25. The molecule has 0 spiro atoms. The van der Waals surface area contributed by atoms with Crippen LogP contribution in [0.2, 0.25) is 0 Å². The molecule has 2 nitrogen and oxygen atoms in total. The fourth-order valence-electron chi connectivity index (χ4n) is 2.40. The summed E-state index contributed by atoms with van der Waals surface area (Å²) in [6.07, 6.45) is 0.811. The molecule has 2 N–H and O–H groups in total. The first-order valence-electron chi connectivity index (χ1n) is 5.77. The van der Waals surface area contributed by atoms with Gasteiger partial charge in [0.1, 0.15) is 5.69 Å². The first-order chi connectivity index (χ1) is 8.68. The first-order valence-corrected chi connectivity index (χ1v) is 5.77. The second kappa shape index (κ2) is 3.98. The largest absolute Gasteiger partial charge is 0.397 e. The maximum absolute atomic E-state index is 13.9. The van der Waals surface area contributed by atoms with E-state index in [0.29, 0.717) is 6.54 Å². The minimum Gasteiger partial charge on any atom is -0.397 e. The third kappa shape index (κ3) is 1.53. The van der Waals surface area contributed by atoms with E-state index in [9.17, 15) is 8.78 Å². The van der Waals surface area contributed by atoms with E-state index in [1.54, 1.807) is 4.90 Å². The molecule has 0 saturated heterocycles. The maximum atomic E-state index is 13.9. The zero-order valence-electron chi connectivity index (χ0n) is 9.66. The number of benzene rings is 2. The van der Waals surface area contributed by atoms with E-state index in [0.717, 1.165) is 23.7 Å². The Morgan fingerprint density at radius 2 is 1.83 bits per heavy atom. The van der Waals surface area contributed by atoms with Crippen molar-refractivity contribution in [2.45, 2.75) is 6.42 Å². The van der Waals surface area contributed by atoms with E-state index in [-0.39, 0.29) is 11.4 Å². The van der Waals surface area contributed by atoms with Crippen molar-refractivity contribution in [1.82, 2.24) is 0 Å². The van der Waals surface area contributed by atoms with Gasteiger partial charge in [0.25, 0.3) is 0 Å². The average molecular weight is 246 g/mol. The van der Waals surface area contributed by atoms with Crippen LogP contribution < -0.4 is 10.6 Å². The Kier molecular flexibility index (Phi) is 2.44. The lowest BCUT2D eigenvalue weighted by atomic mass is 10.1. The summed E-state index contributed by atoms with van der Waals surface area (Å²) in [6.45, 7) is 0.615. The summed E-state index contributed by atoms with van der Waals surface area (Å²) in [7, 11) is 0. The minimum atomic E-state index is -0.883. The Balaban J connectivity index is 2.16. The van der Waals surface area contributed by atoms with Gasteiger partial charge >= 0.3 is 0 Å². The number of hydrogen-bond donors (Lipinski definition) is 1. The summed E-state index contributed by atoms with van der Waals surface area (Å²) in [5.74, 6) is -1.75. The van der Waals surface area contributed by atoms with Crippen molar-refractivity contribution >= 4 is 17.1 Å². The van der Waals surface area contributed by atoms with E-state index in [2.05, 4.69) is 0 Å². The molecule has 2 aromatic carbocycles. The molecule has 2 aromatic rings. The van der Waals surface area contributed by atoms with Gasteiger partial charge in [-0.25, -0.2) is 8.78 Å². The van der Waals surface area contributed by atoms with E-state index >= 15 is 0 Å². The minimum absolute atomic E-state index is 0.139. The van der Waals surface area contributed by atoms with Crippen LogP contribution in [0.15, 0.2) is 36.4 Å². The molecule has 0 unspecified atom stereocenters. The number of fused-ring (bicyclic) bond motifs is 1. The van der Waals surface area contributed by atoms with Gasteiger partial charge in [-0.2, -0.15) is 0 Å². The number of nitrogens with two attached hydrogens (primary N) is 1. The number of para-hydroxylation sites is 1. The van der Waals surface area contributed by atoms with Crippen molar-refractivity contribution < 1.29 is 8.78 Å². The molecule has 0 amide bonds. The van der Waals surface area contributed by atoms with Crippen LogP contribution in [0.5, 0.6) is 0 Å². The number of nitrogens with zero attached hydrogens (tertiary/aromatic N) is 1. The molecule has 0 fully saturated rings. The van der Waals surface area contributed by atoms with Gasteiger partial charge in [0.2, 0.25) is 0 Å². The number of nitrogen functional groups attached to an aromatic ring is 1. The average Bonchev–Trinajstić information content (AvgIpc) is 2.79. The summed E-state index contributed by atoms with van der Waals surface area (Å²) >= 11 is 0. The van der Waals surface area contributed by atoms with Gasteiger partial charge in [-0.3, -0.25) is 0 Å². The van der Waals surface area contributed by atoms with Gasteiger partial charge in [-0.15, -0.1) is 0 Å². The van der Waals surface area contributed by atoms with Crippen molar-refractivity contribution in [3.63, 3.8) is 0 Å². The van der Waals surface area contributed by atoms with E-state index in [4.69, 9.17) is 5.73 Å². The van der Waals surface area contributed by atoms with E-state index in [1.807, 2.05) is 24.3 Å². The van der Waals surface area contributed by atoms with Crippen LogP contribution in [0.3, 0.4) is 0 Å². The van der Waals surface area contributed by atoms with Crippen molar-refractivity contribution in [1.29, 1.82) is 0 Å². The lowest BCUT2D eigenvalue weighted by Gasteiger charge is -2.22. The number of anilines is 3. The smallest absolute Gasteiger partial charge is 0.184 e. The van der Waals surface area contributed by atoms with Gasteiger partial charge in [-0.05, 0) is 30.2 Å². The molecule has 18 heavy (non-hydrogen) atoms. The molecular formula is C14H12F2N2. The van der Waals surface area contributed by atoms with E-state index < -0.39 is 11.6 Å². The standard InChI is InChI=1S/C14H12F2N2/c15-10-5-6-11(17)14(13(10)16)18-8-7-9-3-1-2-4-12(9)18/h1-6H,7-8,17H2. The van der Waals surface area contributed by atoms with Crippen molar-refractivity contribution in [3.8, 4) is 0 Å². The molecule has 0 atom stereocenters. The van der Waals surface area contributed by atoms with Crippen molar-refractivity contribution in [3.05, 3.63) is 53.6 Å². The highest BCUT2D eigenvalue weighted by atomic mass is 19.2. The highest BCUT2D eigenvalue weighted by molar-refractivity contribution is 5.78. The summed E-state index contributed by atoms with van der Waals surface area (Å²) in [5, 5.41) is 0. The van der Waals surface area contributed by atoms with Crippen LogP contribution in [0.25, 0.3) is 0 Å². The number of halogens is 2. The second-order valence-corrected chi connectivity index (χ2v) is 4.33. The Hall–Kier alpha value is -2.10. The zero-order valence-corrected chi connectivity index (χ0v) is 9.66. The van der Waals surface area contributed by atoms with Crippen LogP contribution in [-0.2, 0) is 6.42 Å². The van der Waals surface area contributed by atoms with Crippen LogP contribution in [0, 0.1) is 11.6 Å². The second-order valence-electron chi connectivity index (χ2n) is 4.33. The molecule has 1 aliphatic heterocycles. The van der Waals surface area contributed by atoms with Crippen LogP contribution in [-0.4, -0.2) is 6.54 Å². The van der Waals surface area contributed by atoms with Crippen LogP contribution in [0.4, 0.5) is 25.8 Å². The quantitative estimate of drug-likeness (QED) is 0.783. The molecule has 0 bridgehead atoms. The normalized spacial score (nSPS) is 13.8. The Morgan fingerprint density at radius 3 is 2.67 bits per heavy atom. The molecule has 0 aromatic heterocycles. The lowest BCUT2D eigenvalue weighted by molar-refractivity contribution is 0.509. The fourth-order valence-corrected chi connectivity index (χ4v) is 2.40. The molecule has 3 rings (SSSR count). The first kappa shape index (κ1) is 11.0. The molecule has 1 heterocycles. The monoisotopic (exact) mass is 246 g/mol. The lowest BCUT2D eigenvalue weighted by Crippen LogP contribution is -2.17. The molecule has 0 aliphatic carbocycles. The predicted octanol–water partition coefficient (Wildman–Crippen LogP) is 3.24. The Labute approximate surface area is 104 Å². The van der Waals surface area contributed by atoms with E-state index in [1.165, 1.54) is 6.07 Å². The molecule has 0 saturated carbocycles. The van der Waals surface area contributed by atoms with Gasteiger partial charge in [0, 0.05) is 12.2 Å². The summed E-state index contributed by atoms with van der Waals surface area (Å²) < 4.78 is 27.2. The van der Waals surface area contributed by atoms with Gasteiger partial charge in [0.05, 0.1) is 5.69 Å². The molecule has 1 aliphatic rings. The zero-order chi connectivity index (χ0) is 12.7. The highest BCUT2D eigenvalue weighted by Crippen LogP contribution is 2.39. The SMILES string of the molecule is Nc1ccc(F)c(F)c1N1CCc2ccccc21. The van der Waals surface area contributed by atoms with Crippen LogP contribution in [0.1, 0.15) is 5.56 Å². The molecule has 92 valence electrons. The third-order valence-electron chi connectivity index (χ3n) is 3.26. The summed E-state index contributed by atoms with van der Waals surface area (Å²) in [6, 6.07) is 10.2. The van der Waals surface area contributed by atoms with Gasteiger partial charge in [-0.1, -0.05) is 18.2 Å². The number of rotatable bonds is 1. The number of hydrogen-bond acceptors (Lipinski definition) is 2. The Bertz CT molecular complexity index is 611. The topological polar surface area (TPSA) is 29.3 Å². The molecule has 0 radical (unpaired) electrons. The Morgan fingerprint density at radius 1 is 1.06 bits per heavy atom. The maximum Gasteiger partial charge on any atom is 0.184 e. The van der Waals surface area contributed by atoms with Crippen LogP contribution >= 0.6 is 0 Å². The summed E-state index contributed by atoms with van der Waals surface area (Å²) in [5.41, 5.74) is 8.20. The third-order valence-corrected chi connectivity index (χ3v) is 3.26.